The zero-order chi connectivity index (χ0) is 11.8. The first-order chi connectivity index (χ1) is 7.74. The van der Waals surface area contributed by atoms with Crippen LogP contribution in [0.2, 0.25) is 0 Å². The van der Waals surface area contributed by atoms with Gasteiger partial charge in [0.2, 0.25) is 0 Å². The predicted octanol–water partition coefficient (Wildman–Crippen LogP) is 1.43. The molecule has 0 aromatic heterocycles. The van der Waals surface area contributed by atoms with Crippen LogP contribution < -0.4 is 10.1 Å². The molecule has 5 heteroatoms. The summed E-state index contributed by atoms with van der Waals surface area (Å²) >= 11 is 2.17. The van der Waals surface area contributed by atoms with E-state index in [1.807, 2.05) is 24.3 Å². The molecule has 0 unspecified atom stereocenters. The van der Waals surface area contributed by atoms with Gasteiger partial charge >= 0.3 is 0 Å². The molecule has 1 amide bonds. The Bertz CT molecular complexity index is 344. The van der Waals surface area contributed by atoms with E-state index in [-0.39, 0.29) is 12.5 Å². The minimum atomic E-state index is -0.142. The summed E-state index contributed by atoms with van der Waals surface area (Å²) in [6.07, 6.45) is 0. The number of ether oxygens (including phenoxy) is 2. The Morgan fingerprint density at radius 2 is 2.19 bits per heavy atom. The van der Waals surface area contributed by atoms with Gasteiger partial charge in [-0.1, -0.05) is 12.1 Å². The zero-order valence-corrected chi connectivity index (χ0v) is 11.2. The van der Waals surface area contributed by atoms with E-state index in [1.54, 1.807) is 7.11 Å². The number of para-hydroxylation sites is 1. The molecular formula is C11H14INO3. The molecule has 88 valence electrons. The molecule has 0 aliphatic rings. The molecule has 1 rings (SSSR count). The van der Waals surface area contributed by atoms with Gasteiger partial charge in [-0.15, -0.1) is 0 Å². The number of hydrogen-bond donors (Lipinski definition) is 1. The van der Waals surface area contributed by atoms with Crippen molar-refractivity contribution in [2.75, 3.05) is 26.9 Å². The molecule has 4 nitrogen and oxygen atoms in total. The zero-order valence-electron chi connectivity index (χ0n) is 9.03. The molecule has 0 spiro atoms. The van der Waals surface area contributed by atoms with Gasteiger partial charge in [0.25, 0.3) is 5.91 Å². The molecule has 0 atom stereocenters. The fraction of sp³-hybridized carbons (Fsp3) is 0.364. The van der Waals surface area contributed by atoms with E-state index in [2.05, 4.69) is 27.9 Å². The van der Waals surface area contributed by atoms with Gasteiger partial charge in [0.05, 0.1) is 10.2 Å². The molecule has 0 aliphatic carbocycles. The fourth-order valence-electron chi connectivity index (χ4n) is 1.05. The van der Waals surface area contributed by atoms with Crippen LogP contribution in [0.5, 0.6) is 5.75 Å². The lowest BCUT2D eigenvalue weighted by atomic mass is 10.3. The lowest BCUT2D eigenvalue weighted by Crippen LogP contribution is -2.31. The van der Waals surface area contributed by atoms with Crippen molar-refractivity contribution in [3.63, 3.8) is 0 Å². The molecule has 0 heterocycles. The van der Waals surface area contributed by atoms with E-state index in [0.717, 1.165) is 9.32 Å². The molecular weight excluding hydrogens is 321 g/mol. The third-order valence-electron chi connectivity index (χ3n) is 1.82. The van der Waals surface area contributed by atoms with Crippen molar-refractivity contribution >= 4 is 28.5 Å². The number of nitrogens with one attached hydrogen (secondary N) is 1. The first-order valence-corrected chi connectivity index (χ1v) is 5.95. The third-order valence-corrected chi connectivity index (χ3v) is 2.71. The standard InChI is InChI=1S/C11H14INO3/c1-15-7-6-13-11(14)8-16-10-5-3-2-4-9(10)12/h2-5H,6-8H2,1H3,(H,13,14). The third kappa shape index (κ3) is 4.80. The minimum Gasteiger partial charge on any atom is -0.483 e. The lowest BCUT2D eigenvalue weighted by molar-refractivity contribution is -0.123. The molecule has 1 N–H and O–H groups in total. The van der Waals surface area contributed by atoms with Crippen molar-refractivity contribution in [1.82, 2.24) is 5.32 Å². The summed E-state index contributed by atoms with van der Waals surface area (Å²) in [5, 5.41) is 2.68. The molecule has 1 aromatic carbocycles. The number of carbonyl (C=O) groups excluding carboxylic acids is 1. The van der Waals surface area contributed by atoms with Crippen molar-refractivity contribution in [2.24, 2.45) is 0 Å². The largest absolute Gasteiger partial charge is 0.483 e. The smallest absolute Gasteiger partial charge is 0.258 e. The average molecular weight is 335 g/mol. The van der Waals surface area contributed by atoms with Crippen LogP contribution in [0.4, 0.5) is 0 Å². The van der Waals surface area contributed by atoms with Crippen molar-refractivity contribution in [3.8, 4) is 5.75 Å². The average Bonchev–Trinajstić information content (AvgIpc) is 2.28. The highest BCUT2D eigenvalue weighted by molar-refractivity contribution is 14.1. The van der Waals surface area contributed by atoms with Gasteiger partial charge in [0.1, 0.15) is 5.75 Å². The molecule has 1 aromatic rings. The van der Waals surface area contributed by atoms with Crippen LogP contribution in [-0.2, 0) is 9.53 Å². The van der Waals surface area contributed by atoms with Crippen LogP contribution in [0.15, 0.2) is 24.3 Å². The Balaban J connectivity index is 2.29. The maximum Gasteiger partial charge on any atom is 0.258 e. The number of benzene rings is 1. The second-order valence-corrected chi connectivity index (χ2v) is 4.22. The van der Waals surface area contributed by atoms with Gasteiger partial charge in [-0.05, 0) is 34.7 Å². The van der Waals surface area contributed by atoms with Crippen LogP contribution in [0.3, 0.4) is 0 Å². The summed E-state index contributed by atoms with van der Waals surface area (Å²) in [5.74, 6) is 0.585. The first kappa shape index (κ1) is 13.2. The van der Waals surface area contributed by atoms with E-state index in [1.165, 1.54) is 0 Å². The topological polar surface area (TPSA) is 47.6 Å². The maximum atomic E-state index is 11.3. The molecule has 0 aliphatic heterocycles. The molecule has 0 saturated carbocycles. The van der Waals surface area contributed by atoms with E-state index in [0.29, 0.717) is 13.2 Å². The molecule has 0 saturated heterocycles. The van der Waals surface area contributed by atoms with E-state index in [9.17, 15) is 4.79 Å². The molecule has 16 heavy (non-hydrogen) atoms. The van der Waals surface area contributed by atoms with Gasteiger partial charge < -0.3 is 14.8 Å². The first-order valence-electron chi connectivity index (χ1n) is 4.87. The Kier molecular flexibility index (Phi) is 6.17. The van der Waals surface area contributed by atoms with Crippen LogP contribution in [-0.4, -0.2) is 32.8 Å². The van der Waals surface area contributed by atoms with E-state index < -0.39 is 0 Å². The van der Waals surface area contributed by atoms with Gasteiger partial charge in [-0.2, -0.15) is 0 Å². The summed E-state index contributed by atoms with van der Waals surface area (Å²) in [5.41, 5.74) is 0. The second kappa shape index (κ2) is 7.45. The van der Waals surface area contributed by atoms with Gasteiger partial charge in [0, 0.05) is 13.7 Å². The molecule has 0 bridgehead atoms. The number of methoxy groups -OCH3 is 1. The highest BCUT2D eigenvalue weighted by Gasteiger charge is 2.03. The van der Waals surface area contributed by atoms with Gasteiger partial charge in [0.15, 0.2) is 6.61 Å². The number of carbonyl (C=O) groups is 1. The number of halogens is 1. The fourth-order valence-corrected chi connectivity index (χ4v) is 1.59. The number of hydrogen-bond acceptors (Lipinski definition) is 3. The Labute approximate surface area is 108 Å². The summed E-state index contributed by atoms with van der Waals surface area (Å²) in [6.45, 7) is 1.04. The Morgan fingerprint density at radius 1 is 1.44 bits per heavy atom. The number of rotatable bonds is 6. The molecule has 0 radical (unpaired) electrons. The van der Waals surface area contributed by atoms with Crippen LogP contribution in [0, 0.1) is 3.57 Å². The molecule has 0 fully saturated rings. The quantitative estimate of drug-likeness (QED) is 0.632. The van der Waals surface area contributed by atoms with Crippen molar-refractivity contribution in [3.05, 3.63) is 27.8 Å². The second-order valence-electron chi connectivity index (χ2n) is 3.06. The summed E-state index contributed by atoms with van der Waals surface area (Å²) in [4.78, 5) is 11.3. The summed E-state index contributed by atoms with van der Waals surface area (Å²) < 4.78 is 11.2. The number of amides is 1. The Hall–Kier alpha value is -0.820. The summed E-state index contributed by atoms with van der Waals surface area (Å²) in [7, 11) is 1.59. The van der Waals surface area contributed by atoms with Gasteiger partial charge in [-0.25, -0.2) is 0 Å². The predicted molar refractivity (Wildman–Crippen MR) is 69.5 cm³/mol. The van der Waals surface area contributed by atoms with Crippen LogP contribution in [0.25, 0.3) is 0 Å². The summed E-state index contributed by atoms with van der Waals surface area (Å²) in [6, 6.07) is 7.57. The minimum absolute atomic E-state index is 0.0315. The highest BCUT2D eigenvalue weighted by Crippen LogP contribution is 2.19. The van der Waals surface area contributed by atoms with E-state index >= 15 is 0 Å². The van der Waals surface area contributed by atoms with Gasteiger partial charge in [-0.3, -0.25) is 4.79 Å². The SMILES string of the molecule is COCCNC(=O)COc1ccccc1I. The van der Waals surface area contributed by atoms with Crippen LogP contribution >= 0.6 is 22.6 Å². The van der Waals surface area contributed by atoms with Crippen molar-refractivity contribution < 1.29 is 14.3 Å². The van der Waals surface area contributed by atoms with Crippen molar-refractivity contribution in [2.45, 2.75) is 0 Å². The Morgan fingerprint density at radius 3 is 2.88 bits per heavy atom. The van der Waals surface area contributed by atoms with E-state index in [4.69, 9.17) is 9.47 Å². The van der Waals surface area contributed by atoms with Crippen LogP contribution in [0.1, 0.15) is 0 Å². The normalized spacial score (nSPS) is 9.88. The highest BCUT2D eigenvalue weighted by atomic mass is 127. The van der Waals surface area contributed by atoms with Crippen molar-refractivity contribution in [1.29, 1.82) is 0 Å². The maximum absolute atomic E-state index is 11.3. The monoisotopic (exact) mass is 335 g/mol. The lowest BCUT2D eigenvalue weighted by Gasteiger charge is -2.08.